The molecule has 28 heavy (non-hydrogen) atoms. The number of hydrogen-bond acceptors (Lipinski definition) is 5. The Morgan fingerprint density at radius 3 is 2.46 bits per heavy atom. The van der Waals surface area contributed by atoms with Gasteiger partial charge < -0.3 is 4.90 Å². The Morgan fingerprint density at radius 2 is 1.75 bits per heavy atom. The van der Waals surface area contributed by atoms with Gasteiger partial charge in [-0.3, -0.25) is 0 Å². The minimum absolute atomic E-state index is 0.242. The lowest BCUT2D eigenvalue weighted by Gasteiger charge is -2.31. The van der Waals surface area contributed by atoms with Crippen LogP contribution in [0.2, 0.25) is 5.02 Å². The Kier molecular flexibility index (Phi) is 5.45. The summed E-state index contributed by atoms with van der Waals surface area (Å²) in [6, 6.07) is 14.9. The molecule has 4 nitrogen and oxygen atoms in total. The molecule has 0 aliphatic carbocycles. The maximum absolute atomic E-state index is 13.0. The van der Waals surface area contributed by atoms with E-state index in [4.69, 9.17) is 16.6 Å². The van der Waals surface area contributed by atoms with Crippen molar-refractivity contribution in [2.24, 2.45) is 0 Å². The molecule has 3 aromatic rings. The molecule has 1 fully saturated rings. The molecule has 1 aliphatic rings. The Morgan fingerprint density at radius 1 is 1.07 bits per heavy atom. The van der Waals surface area contributed by atoms with E-state index in [1.807, 2.05) is 12.1 Å². The highest BCUT2D eigenvalue weighted by atomic mass is 35.5. The Hall–Kier alpha value is -1.89. The molecule has 2 aromatic carbocycles. The predicted molar refractivity (Wildman–Crippen MR) is 116 cm³/mol. The number of piperidine rings is 1. The van der Waals surface area contributed by atoms with Crippen LogP contribution >= 0.6 is 22.9 Å². The molecule has 0 amide bonds. The van der Waals surface area contributed by atoms with Crippen LogP contribution < -0.4 is 4.90 Å². The zero-order valence-corrected chi connectivity index (χ0v) is 17.9. The summed E-state index contributed by atoms with van der Waals surface area (Å²) < 4.78 is 25.9. The molecule has 0 radical (unpaired) electrons. The number of halogens is 1. The van der Waals surface area contributed by atoms with Gasteiger partial charge in [-0.1, -0.05) is 48.0 Å². The molecule has 0 N–H and O–H groups in total. The van der Waals surface area contributed by atoms with E-state index in [9.17, 15) is 8.42 Å². The largest absolute Gasteiger partial charge is 0.348 e. The Labute approximate surface area is 174 Å². The highest BCUT2D eigenvalue weighted by Gasteiger charge is 2.33. The number of anilines is 1. The summed E-state index contributed by atoms with van der Waals surface area (Å²) >= 11 is 7.74. The van der Waals surface area contributed by atoms with Crippen molar-refractivity contribution in [1.82, 2.24) is 4.98 Å². The zero-order chi connectivity index (χ0) is 19.7. The van der Waals surface area contributed by atoms with Gasteiger partial charge in [-0.2, -0.15) is 0 Å². The van der Waals surface area contributed by atoms with E-state index in [0.29, 0.717) is 31.0 Å². The maximum atomic E-state index is 13.0. The minimum Gasteiger partial charge on any atom is -0.348 e. The number of benzene rings is 2. The van der Waals surface area contributed by atoms with Crippen molar-refractivity contribution in [3.8, 4) is 11.3 Å². The van der Waals surface area contributed by atoms with Gasteiger partial charge in [0.15, 0.2) is 15.0 Å². The van der Waals surface area contributed by atoms with Crippen molar-refractivity contribution < 1.29 is 8.42 Å². The van der Waals surface area contributed by atoms with Crippen molar-refractivity contribution in [3.63, 3.8) is 0 Å². The summed E-state index contributed by atoms with van der Waals surface area (Å²) in [5.41, 5.74) is 3.31. The minimum atomic E-state index is -3.42. The highest BCUT2D eigenvalue weighted by Crippen LogP contribution is 2.33. The van der Waals surface area contributed by atoms with Crippen molar-refractivity contribution in [1.29, 1.82) is 0 Å². The topological polar surface area (TPSA) is 50.3 Å². The smallest absolute Gasteiger partial charge is 0.185 e. The van der Waals surface area contributed by atoms with Crippen molar-refractivity contribution in [2.75, 3.05) is 18.0 Å². The molecule has 0 saturated carbocycles. The second-order valence-electron chi connectivity index (χ2n) is 6.99. The highest BCUT2D eigenvalue weighted by molar-refractivity contribution is 7.92. The summed E-state index contributed by atoms with van der Waals surface area (Å²) in [6.45, 7) is 3.43. The first kappa shape index (κ1) is 19.4. The lowest BCUT2D eigenvalue weighted by atomic mass is 10.1. The van der Waals surface area contributed by atoms with Gasteiger partial charge in [0, 0.05) is 24.0 Å². The van der Waals surface area contributed by atoms with Crippen molar-refractivity contribution >= 4 is 37.9 Å². The molecule has 1 saturated heterocycles. The Bertz CT molecular complexity index is 1090. The standard InChI is InChI=1S/C21H21ClN2O2S2/c1-15-6-2-3-7-17(15)19-14-27-21(23-19)24-12-10-16(11-13-24)28(25,26)20-9-5-4-8-18(20)22/h2-9,14,16H,10-13H2,1H3. The molecule has 4 rings (SSSR count). The van der Waals surface area contributed by atoms with Gasteiger partial charge >= 0.3 is 0 Å². The molecule has 146 valence electrons. The van der Waals surface area contributed by atoms with Crippen LogP contribution in [0.1, 0.15) is 18.4 Å². The number of aromatic nitrogens is 1. The quantitative estimate of drug-likeness (QED) is 0.567. The number of nitrogens with zero attached hydrogens (tertiary/aromatic N) is 2. The fourth-order valence-corrected chi connectivity index (χ4v) is 6.74. The van der Waals surface area contributed by atoms with Crippen molar-refractivity contribution in [2.45, 2.75) is 29.9 Å². The van der Waals surface area contributed by atoms with Gasteiger partial charge in [-0.15, -0.1) is 11.3 Å². The summed E-state index contributed by atoms with van der Waals surface area (Å²) in [7, 11) is -3.42. The third-order valence-electron chi connectivity index (χ3n) is 5.21. The monoisotopic (exact) mass is 432 g/mol. The predicted octanol–water partition coefficient (Wildman–Crippen LogP) is 5.21. The van der Waals surface area contributed by atoms with Gasteiger partial charge in [0.25, 0.3) is 0 Å². The summed E-state index contributed by atoms with van der Waals surface area (Å²) in [5.74, 6) is 0. The lowest BCUT2D eigenvalue weighted by Crippen LogP contribution is -2.39. The second-order valence-corrected chi connectivity index (χ2v) is 10.4. The van der Waals surface area contributed by atoms with E-state index in [1.54, 1.807) is 35.6 Å². The number of thiazole rings is 1. The molecule has 0 atom stereocenters. The molecule has 7 heteroatoms. The molecular weight excluding hydrogens is 412 g/mol. The molecule has 2 heterocycles. The molecule has 0 bridgehead atoms. The number of aryl methyl sites for hydroxylation is 1. The average molecular weight is 433 g/mol. The summed E-state index contributed by atoms with van der Waals surface area (Å²) in [4.78, 5) is 7.23. The van der Waals surface area contributed by atoms with E-state index in [0.717, 1.165) is 16.4 Å². The maximum Gasteiger partial charge on any atom is 0.185 e. The van der Waals surface area contributed by atoms with E-state index >= 15 is 0 Å². The van der Waals surface area contributed by atoms with Crippen LogP contribution in [0.25, 0.3) is 11.3 Å². The summed E-state index contributed by atoms with van der Waals surface area (Å²) in [5, 5.41) is 2.92. The average Bonchev–Trinajstić information content (AvgIpc) is 3.18. The zero-order valence-electron chi connectivity index (χ0n) is 15.5. The van der Waals surface area contributed by atoms with Crippen LogP contribution in [0.5, 0.6) is 0 Å². The van der Waals surface area contributed by atoms with Gasteiger partial charge in [-0.05, 0) is 37.5 Å². The molecule has 1 aromatic heterocycles. The van der Waals surface area contributed by atoms with Crippen LogP contribution in [0.15, 0.2) is 58.8 Å². The number of hydrogen-bond donors (Lipinski definition) is 0. The van der Waals surface area contributed by atoms with Gasteiger partial charge in [0.2, 0.25) is 0 Å². The molecule has 0 spiro atoms. The van der Waals surface area contributed by atoms with E-state index in [-0.39, 0.29) is 4.90 Å². The van der Waals surface area contributed by atoms with Gasteiger partial charge in [-0.25, -0.2) is 13.4 Å². The van der Waals surface area contributed by atoms with Crippen LogP contribution in [-0.2, 0) is 9.84 Å². The fourth-order valence-electron chi connectivity index (χ4n) is 3.61. The third kappa shape index (κ3) is 3.69. The van der Waals surface area contributed by atoms with E-state index in [2.05, 4.69) is 29.3 Å². The lowest BCUT2D eigenvalue weighted by molar-refractivity contribution is 0.529. The first-order valence-corrected chi connectivity index (χ1v) is 12.0. The van der Waals surface area contributed by atoms with Crippen molar-refractivity contribution in [3.05, 3.63) is 64.5 Å². The first-order chi connectivity index (χ1) is 13.5. The van der Waals surface area contributed by atoms with Crippen LogP contribution in [-0.4, -0.2) is 31.7 Å². The van der Waals surface area contributed by atoms with Gasteiger partial charge in [0.05, 0.1) is 20.9 Å². The van der Waals surface area contributed by atoms with E-state index in [1.165, 1.54) is 5.56 Å². The molecular formula is C21H21ClN2O2S2. The SMILES string of the molecule is Cc1ccccc1-c1csc(N2CCC(S(=O)(=O)c3ccccc3Cl)CC2)n1. The summed E-state index contributed by atoms with van der Waals surface area (Å²) in [6.07, 6.45) is 1.15. The molecule has 1 aliphatic heterocycles. The van der Waals surface area contributed by atoms with Gasteiger partial charge in [0.1, 0.15) is 0 Å². The van der Waals surface area contributed by atoms with Crippen LogP contribution in [0, 0.1) is 6.92 Å². The normalized spacial score (nSPS) is 15.7. The number of rotatable bonds is 4. The van der Waals surface area contributed by atoms with Crippen LogP contribution in [0.3, 0.4) is 0 Å². The number of sulfone groups is 1. The second kappa shape index (κ2) is 7.85. The Balaban J connectivity index is 1.48. The molecule has 0 unspecified atom stereocenters. The third-order valence-corrected chi connectivity index (χ3v) is 8.87. The van der Waals surface area contributed by atoms with E-state index < -0.39 is 15.1 Å². The van der Waals surface area contributed by atoms with Crippen LogP contribution in [0.4, 0.5) is 5.13 Å². The first-order valence-electron chi connectivity index (χ1n) is 9.22. The fraction of sp³-hybridized carbons (Fsp3) is 0.286.